The Morgan fingerprint density at radius 3 is 2.90 bits per heavy atom. The van der Waals surface area contributed by atoms with Gasteiger partial charge >= 0.3 is 5.97 Å². The number of rotatable bonds is 4. The Morgan fingerprint density at radius 1 is 1.57 bits per heavy atom. The predicted molar refractivity (Wildman–Crippen MR) is 78.9 cm³/mol. The number of aromatic nitrogens is 2. The van der Waals surface area contributed by atoms with E-state index in [1.54, 1.807) is 0 Å². The molecule has 2 rings (SSSR count). The van der Waals surface area contributed by atoms with Crippen LogP contribution >= 0.6 is 11.8 Å². The molecule has 0 radical (unpaired) electrons. The summed E-state index contributed by atoms with van der Waals surface area (Å²) in [4.78, 5) is 29.5. The van der Waals surface area contributed by atoms with Crippen LogP contribution in [0, 0.1) is 11.3 Å². The van der Waals surface area contributed by atoms with E-state index in [1.165, 1.54) is 6.92 Å². The highest BCUT2D eigenvalue weighted by Gasteiger charge is 2.18. The van der Waals surface area contributed by atoms with Crippen molar-refractivity contribution >= 4 is 23.3 Å². The maximum absolute atomic E-state index is 12.0. The molecular weight excluding hydrogens is 290 g/mol. The van der Waals surface area contributed by atoms with Crippen molar-refractivity contribution < 1.29 is 9.90 Å². The summed E-state index contributed by atoms with van der Waals surface area (Å²) in [5.74, 6) is -0.995. The van der Waals surface area contributed by atoms with Crippen molar-refractivity contribution in [3.63, 3.8) is 0 Å². The molecule has 1 aliphatic carbocycles. The number of nitriles is 1. The fourth-order valence-corrected chi connectivity index (χ4v) is 2.56. The van der Waals surface area contributed by atoms with Gasteiger partial charge in [0.1, 0.15) is 16.9 Å². The smallest absolute Gasteiger partial charge is 0.316 e. The van der Waals surface area contributed by atoms with E-state index >= 15 is 0 Å². The van der Waals surface area contributed by atoms with Crippen LogP contribution in [0.15, 0.2) is 28.2 Å². The highest BCUT2D eigenvalue weighted by molar-refractivity contribution is 8.00. The molecule has 0 bridgehead atoms. The van der Waals surface area contributed by atoms with Gasteiger partial charge in [0.25, 0.3) is 5.56 Å². The molecule has 0 saturated carbocycles. The molecule has 1 aromatic rings. The first-order chi connectivity index (χ1) is 10.0. The van der Waals surface area contributed by atoms with Crippen molar-refractivity contribution in [2.45, 2.75) is 30.2 Å². The zero-order chi connectivity index (χ0) is 15.4. The Morgan fingerprint density at radius 2 is 2.33 bits per heavy atom. The SMILES string of the molecule is CC(Sc1nc(C2=CCCC=C2)c(C#N)c(=O)[nH]1)C(=O)O. The molecule has 1 heterocycles. The second kappa shape index (κ2) is 6.41. The molecule has 108 valence electrons. The number of hydrogen-bond acceptors (Lipinski definition) is 5. The predicted octanol–water partition coefficient (Wildman–Crippen LogP) is 1.94. The van der Waals surface area contributed by atoms with E-state index in [9.17, 15) is 9.59 Å². The third kappa shape index (κ3) is 3.41. The number of nitrogens with zero attached hydrogens (tertiary/aromatic N) is 2. The molecular formula is C14H13N3O3S. The second-order valence-electron chi connectivity index (χ2n) is 4.44. The molecule has 21 heavy (non-hydrogen) atoms. The maximum Gasteiger partial charge on any atom is 0.316 e. The van der Waals surface area contributed by atoms with Crippen LogP contribution in [-0.2, 0) is 4.79 Å². The Hall–Kier alpha value is -2.33. The number of nitrogens with one attached hydrogen (secondary N) is 1. The summed E-state index contributed by atoms with van der Waals surface area (Å²) in [6.45, 7) is 1.50. The van der Waals surface area contributed by atoms with Gasteiger partial charge in [-0.3, -0.25) is 9.59 Å². The van der Waals surface area contributed by atoms with Crippen LogP contribution in [0.25, 0.3) is 5.57 Å². The van der Waals surface area contributed by atoms with Crippen LogP contribution in [0.3, 0.4) is 0 Å². The number of aliphatic carboxylic acids is 1. The van der Waals surface area contributed by atoms with E-state index in [2.05, 4.69) is 9.97 Å². The van der Waals surface area contributed by atoms with Gasteiger partial charge < -0.3 is 10.1 Å². The minimum absolute atomic E-state index is 0.0554. The van der Waals surface area contributed by atoms with E-state index in [4.69, 9.17) is 10.4 Å². The van der Waals surface area contributed by atoms with Crippen LogP contribution in [-0.4, -0.2) is 26.3 Å². The summed E-state index contributed by atoms with van der Waals surface area (Å²) in [5.41, 5.74) is 0.411. The van der Waals surface area contributed by atoms with Crippen LogP contribution in [0.2, 0.25) is 0 Å². The highest BCUT2D eigenvalue weighted by Crippen LogP contribution is 2.24. The lowest BCUT2D eigenvalue weighted by molar-refractivity contribution is -0.136. The zero-order valence-electron chi connectivity index (χ0n) is 11.3. The molecule has 0 spiro atoms. The van der Waals surface area contributed by atoms with E-state index in [0.717, 1.165) is 24.6 Å². The minimum atomic E-state index is -0.995. The fraction of sp³-hybridized carbons (Fsp3) is 0.286. The van der Waals surface area contributed by atoms with Crippen molar-refractivity contribution in [3.8, 4) is 6.07 Å². The van der Waals surface area contributed by atoms with Gasteiger partial charge in [0.2, 0.25) is 0 Å². The van der Waals surface area contributed by atoms with Gasteiger partial charge in [-0.25, -0.2) is 4.98 Å². The number of H-pyrrole nitrogens is 1. The lowest BCUT2D eigenvalue weighted by atomic mass is 10.0. The summed E-state index contributed by atoms with van der Waals surface area (Å²) in [5, 5.41) is 17.5. The number of carboxylic acid groups (broad SMARTS) is 1. The van der Waals surface area contributed by atoms with Gasteiger partial charge in [0.15, 0.2) is 5.16 Å². The van der Waals surface area contributed by atoms with Gasteiger partial charge in [-0.1, -0.05) is 30.0 Å². The molecule has 0 amide bonds. The maximum atomic E-state index is 12.0. The van der Waals surface area contributed by atoms with Gasteiger partial charge in [0.05, 0.1) is 5.69 Å². The second-order valence-corrected chi connectivity index (χ2v) is 5.77. The first-order valence-corrected chi connectivity index (χ1v) is 7.22. The van der Waals surface area contributed by atoms with Crippen LogP contribution in [0.1, 0.15) is 31.0 Å². The summed E-state index contributed by atoms with van der Waals surface area (Å²) >= 11 is 0.936. The van der Waals surface area contributed by atoms with Crippen LogP contribution < -0.4 is 5.56 Å². The Bertz CT molecular complexity index is 728. The number of thioether (sulfide) groups is 1. The molecule has 1 aliphatic rings. The number of carbonyl (C=O) groups is 1. The van der Waals surface area contributed by atoms with Crippen molar-refractivity contribution in [2.24, 2.45) is 0 Å². The quantitative estimate of drug-likeness (QED) is 0.650. The average molecular weight is 303 g/mol. The number of hydrogen-bond donors (Lipinski definition) is 2. The third-order valence-electron chi connectivity index (χ3n) is 2.91. The van der Waals surface area contributed by atoms with E-state index in [-0.39, 0.29) is 10.7 Å². The van der Waals surface area contributed by atoms with Gasteiger partial charge in [-0.15, -0.1) is 0 Å². The lowest BCUT2D eigenvalue weighted by Gasteiger charge is -2.10. The third-order valence-corrected chi connectivity index (χ3v) is 3.89. The molecule has 1 aromatic heterocycles. The highest BCUT2D eigenvalue weighted by atomic mass is 32.2. The van der Waals surface area contributed by atoms with Crippen molar-refractivity contribution in [2.75, 3.05) is 0 Å². The summed E-state index contributed by atoms with van der Waals surface area (Å²) < 4.78 is 0. The molecule has 0 saturated heterocycles. The molecule has 2 N–H and O–H groups in total. The molecule has 6 nitrogen and oxygen atoms in total. The first kappa shape index (κ1) is 15.1. The monoisotopic (exact) mass is 303 g/mol. The van der Waals surface area contributed by atoms with Gasteiger partial charge in [0, 0.05) is 0 Å². The molecule has 0 aliphatic heterocycles. The summed E-state index contributed by atoms with van der Waals surface area (Å²) in [7, 11) is 0. The largest absolute Gasteiger partial charge is 0.480 e. The van der Waals surface area contributed by atoms with Crippen molar-refractivity contribution in [1.82, 2.24) is 9.97 Å². The Labute approximate surface area is 125 Å². The molecule has 0 aromatic carbocycles. The standard InChI is InChI=1S/C14H13N3O3S/c1-8(13(19)20)21-14-16-11(9-5-3-2-4-6-9)10(7-15)12(18)17-14/h3,5-6,8H,2,4H2,1H3,(H,19,20)(H,16,17,18). The van der Waals surface area contributed by atoms with E-state index < -0.39 is 16.8 Å². The minimum Gasteiger partial charge on any atom is -0.480 e. The molecule has 7 heteroatoms. The fourth-order valence-electron chi connectivity index (χ4n) is 1.83. The zero-order valence-corrected chi connectivity index (χ0v) is 12.1. The Balaban J connectivity index is 2.48. The Kier molecular flexibility index (Phi) is 4.60. The number of carboxylic acids is 1. The van der Waals surface area contributed by atoms with E-state index in [1.807, 2.05) is 24.3 Å². The van der Waals surface area contributed by atoms with Crippen molar-refractivity contribution in [3.05, 3.63) is 39.8 Å². The normalized spacial score (nSPS) is 15.1. The lowest BCUT2D eigenvalue weighted by Crippen LogP contribution is -2.19. The molecule has 0 fully saturated rings. The summed E-state index contributed by atoms with van der Waals surface area (Å²) in [6.07, 6.45) is 7.41. The van der Waals surface area contributed by atoms with E-state index in [0.29, 0.717) is 11.3 Å². The topological polar surface area (TPSA) is 107 Å². The number of aromatic amines is 1. The molecule has 1 unspecified atom stereocenters. The number of allylic oxidation sites excluding steroid dienone is 4. The van der Waals surface area contributed by atoms with Gasteiger partial charge in [-0.05, 0) is 25.3 Å². The molecule has 1 atom stereocenters. The van der Waals surface area contributed by atoms with Crippen LogP contribution in [0.5, 0.6) is 0 Å². The average Bonchev–Trinajstić information content (AvgIpc) is 2.47. The van der Waals surface area contributed by atoms with Gasteiger partial charge in [-0.2, -0.15) is 5.26 Å². The summed E-state index contributed by atoms with van der Waals surface area (Å²) in [6, 6.07) is 1.86. The van der Waals surface area contributed by atoms with Crippen LogP contribution in [0.4, 0.5) is 0 Å². The first-order valence-electron chi connectivity index (χ1n) is 6.34. The van der Waals surface area contributed by atoms with Crippen molar-refractivity contribution in [1.29, 1.82) is 5.26 Å².